The number of aliphatic hydroxyl groups excluding tert-OH is 2. The molecule has 0 bridgehead atoms. The van der Waals surface area contributed by atoms with Crippen molar-refractivity contribution in [3.63, 3.8) is 0 Å². The van der Waals surface area contributed by atoms with E-state index in [1.54, 1.807) is 0 Å². The van der Waals surface area contributed by atoms with Crippen LogP contribution in [0.2, 0.25) is 0 Å². The molecule has 7 atom stereocenters. The summed E-state index contributed by atoms with van der Waals surface area (Å²) in [5.74, 6) is -0.347. The summed E-state index contributed by atoms with van der Waals surface area (Å²) < 4.78 is 6.10. The van der Waals surface area contributed by atoms with Gasteiger partial charge in [-0.2, -0.15) is 0 Å². The van der Waals surface area contributed by atoms with Gasteiger partial charge in [-0.1, -0.05) is 39.0 Å². The Morgan fingerprint density at radius 2 is 1.88 bits per heavy atom. The summed E-state index contributed by atoms with van der Waals surface area (Å²) in [5, 5.41) is 29.0. The van der Waals surface area contributed by atoms with Crippen LogP contribution in [0.5, 0.6) is 0 Å². The van der Waals surface area contributed by atoms with Crippen LogP contribution in [0.4, 0.5) is 0 Å². The molecule has 0 fully saturated rings. The monoisotopic (exact) mass is 476 g/mol. The third-order valence-electron chi connectivity index (χ3n) is 7.08. The summed E-state index contributed by atoms with van der Waals surface area (Å²) in [7, 11) is 0. The number of rotatable bonds is 10. The van der Waals surface area contributed by atoms with Crippen molar-refractivity contribution in [3.05, 3.63) is 23.8 Å². The second-order valence-electron chi connectivity index (χ2n) is 10.2. The molecule has 0 aromatic heterocycles. The number of ether oxygens (including phenoxy) is 1. The van der Waals surface area contributed by atoms with Crippen LogP contribution in [0.15, 0.2) is 23.8 Å². The van der Waals surface area contributed by atoms with Crippen LogP contribution in [-0.4, -0.2) is 83.3 Å². The molecule has 0 aliphatic heterocycles. The molecule has 0 heterocycles. The minimum absolute atomic E-state index is 0. The van der Waals surface area contributed by atoms with Crippen molar-refractivity contribution < 1.29 is 29.6 Å². The Labute approximate surface area is 222 Å². The quantitative estimate of drug-likeness (QED) is 0.328. The summed E-state index contributed by atoms with van der Waals surface area (Å²) in [5.41, 5.74) is 0.682. The number of hydrogen-bond donors (Lipinski definition) is 3. The Morgan fingerprint density at radius 1 is 1.22 bits per heavy atom. The zero-order valence-electron chi connectivity index (χ0n) is 20.3. The Bertz CT molecular complexity index is 701. The first kappa shape index (κ1) is 29.6. The molecule has 0 aromatic rings. The van der Waals surface area contributed by atoms with Crippen LogP contribution < -0.4 is 0 Å². The van der Waals surface area contributed by atoms with Gasteiger partial charge in [0.2, 0.25) is 0 Å². The van der Waals surface area contributed by atoms with Crippen molar-refractivity contribution in [2.75, 3.05) is 0 Å². The Hall–Kier alpha value is -0.400. The number of carbonyl (C=O) groups excluding carboxylic acids is 1. The normalized spacial score (nSPS) is 29.2. The first-order chi connectivity index (χ1) is 14.4. The Kier molecular flexibility index (Phi) is 11.9. The summed E-state index contributed by atoms with van der Waals surface area (Å²) >= 11 is 0. The van der Waals surface area contributed by atoms with Crippen LogP contribution in [0.1, 0.15) is 73.1 Å². The fourth-order valence-electron chi connectivity index (χ4n) is 4.76. The maximum absolute atomic E-state index is 12.8. The molecule has 2 aliphatic rings. The number of esters is 1. The zero-order chi connectivity index (χ0) is 23.3. The predicted molar refractivity (Wildman–Crippen MR) is 125 cm³/mol. The first-order valence-electron chi connectivity index (χ1n) is 11.6. The largest absolute Gasteiger partial charge is 2.00 e. The van der Waals surface area contributed by atoms with E-state index in [-0.39, 0.29) is 80.4 Å². The van der Waals surface area contributed by atoms with Gasteiger partial charge in [0, 0.05) is 5.92 Å². The molecule has 0 radical (unpaired) electrons. The van der Waals surface area contributed by atoms with Crippen LogP contribution in [0.25, 0.3) is 0 Å². The molecule has 0 saturated carbocycles. The number of carbonyl (C=O) groups is 2. The summed E-state index contributed by atoms with van der Waals surface area (Å²) in [6, 6.07) is 0. The van der Waals surface area contributed by atoms with E-state index in [0.29, 0.717) is 25.2 Å². The van der Waals surface area contributed by atoms with E-state index in [1.165, 1.54) is 5.57 Å². The maximum Gasteiger partial charge on any atom is 2.00 e. The third-order valence-corrected chi connectivity index (χ3v) is 7.08. The van der Waals surface area contributed by atoms with Crippen molar-refractivity contribution in [2.45, 2.75) is 91.5 Å². The average molecular weight is 477 g/mol. The number of allylic oxidation sites excluding steroid dienone is 3. The molecule has 0 unspecified atom stereocenters. The molecule has 7 heteroatoms. The molecule has 0 saturated heterocycles. The Balaban J connectivity index is 0.00000512. The number of aliphatic hydroxyl groups is 2. The summed E-state index contributed by atoms with van der Waals surface area (Å²) in [4.78, 5) is 23.6. The van der Waals surface area contributed by atoms with Crippen molar-refractivity contribution in [1.29, 1.82) is 0 Å². The topological polar surface area (TPSA) is 104 Å². The standard InChI is InChI=1S/C25H40O6.Ca/c1-6-25(4,5)24(30)31-21-12-15(2)11-17-8-7-16(3)20(23(17)21)10-9-18(26)13-19(27)14-22(28)29;/h7-8,11,15-16,18-21,23,26-27H,6,9-10,12-14H2,1-5H3,(H,28,29);/q;+2/t15-,16-,18+,19+,20-,21-,23-;/m0./s1. The number of aliphatic carboxylic acids is 1. The number of hydrogen-bond acceptors (Lipinski definition) is 5. The van der Waals surface area contributed by atoms with E-state index in [9.17, 15) is 19.8 Å². The van der Waals surface area contributed by atoms with E-state index in [0.717, 1.165) is 6.42 Å². The van der Waals surface area contributed by atoms with E-state index >= 15 is 0 Å². The van der Waals surface area contributed by atoms with E-state index in [2.05, 4.69) is 32.1 Å². The molecular weight excluding hydrogens is 436 g/mol. The molecule has 0 amide bonds. The first-order valence-corrected chi connectivity index (χ1v) is 11.6. The van der Waals surface area contributed by atoms with Gasteiger partial charge in [0.05, 0.1) is 24.0 Å². The van der Waals surface area contributed by atoms with Gasteiger partial charge in [-0.3, -0.25) is 9.59 Å². The molecule has 0 spiro atoms. The molecule has 2 rings (SSSR count). The minimum atomic E-state index is -1.07. The van der Waals surface area contributed by atoms with Gasteiger partial charge in [0.15, 0.2) is 0 Å². The fraction of sp³-hybridized carbons (Fsp3) is 0.760. The average Bonchev–Trinajstić information content (AvgIpc) is 2.66. The van der Waals surface area contributed by atoms with Crippen molar-refractivity contribution in [1.82, 2.24) is 0 Å². The van der Waals surface area contributed by atoms with E-state index in [4.69, 9.17) is 9.84 Å². The second-order valence-corrected chi connectivity index (χ2v) is 10.2. The van der Waals surface area contributed by atoms with Crippen LogP contribution in [0.3, 0.4) is 0 Å². The van der Waals surface area contributed by atoms with Gasteiger partial charge in [-0.05, 0) is 69.3 Å². The van der Waals surface area contributed by atoms with Crippen molar-refractivity contribution in [3.8, 4) is 0 Å². The predicted octanol–water partition coefficient (Wildman–Crippen LogP) is 3.72. The zero-order valence-corrected chi connectivity index (χ0v) is 22.5. The van der Waals surface area contributed by atoms with Crippen molar-refractivity contribution in [2.24, 2.45) is 29.1 Å². The smallest absolute Gasteiger partial charge is 0.481 e. The number of carboxylic acids is 1. The van der Waals surface area contributed by atoms with Gasteiger partial charge in [-0.15, -0.1) is 0 Å². The minimum Gasteiger partial charge on any atom is -0.481 e. The Morgan fingerprint density at radius 3 is 2.47 bits per heavy atom. The van der Waals surface area contributed by atoms with Gasteiger partial charge in [0.25, 0.3) is 0 Å². The molecule has 2 aliphatic carbocycles. The van der Waals surface area contributed by atoms with Crippen LogP contribution in [0, 0.1) is 29.1 Å². The molecular formula is C25H40CaO6+2. The van der Waals surface area contributed by atoms with Gasteiger partial charge < -0.3 is 20.1 Å². The third kappa shape index (κ3) is 8.12. The summed E-state index contributed by atoms with van der Waals surface area (Å²) in [6.07, 6.45) is 6.98. The van der Waals surface area contributed by atoms with Gasteiger partial charge >= 0.3 is 49.7 Å². The number of fused-ring (bicyclic) bond motifs is 1. The van der Waals surface area contributed by atoms with Gasteiger partial charge in [0.1, 0.15) is 6.10 Å². The van der Waals surface area contributed by atoms with Crippen LogP contribution in [-0.2, 0) is 14.3 Å². The SMILES string of the molecule is CCC(C)(C)C(=O)O[C@H]1C[C@@H](C)C=C2C=C[C@H](C)[C@H](CC[C@@H](O)C[C@@H](O)CC(=O)O)[C@H]21.[Ca+2]. The molecule has 176 valence electrons. The van der Waals surface area contributed by atoms with Gasteiger partial charge in [-0.25, -0.2) is 0 Å². The molecule has 3 N–H and O–H groups in total. The molecule has 0 aromatic carbocycles. The van der Waals surface area contributed by atoms with Crippen LogP contribution >= 0.6 is 0 Å². The molecule has 6 nitrogen and oxygen atoms in total. The number of carboxylic acid groups (broad SMARTS) is 1. The molecule has 32 heavy (non-hydrogen) atoms. The maximum atomic E-state index is 12.8. The van der Waals surface area contributed by atoms with E-state index in [1.807, 2.05) is 20.8 Å². The summed E-state index contributed by atoms with van der Waals surface area (Å²) in [6.45, 7) is 10.1. The fourth-order valence-corrected chi connectivity index (χ4v) is 4.76. The van der Waals surface area contributed by atoms with E-state index < -0.39 is 23.6 Å². The van der Waals surface area contributed by atoms with Crippen molar-refractivity contribution >= 4 is 49.7 Å². The second kappa shape index (κ2) is 12.9.